The number of pyridine rings is 1. The van der Waals surface area contributed by atoms with Crippen LogP contribution in [0, 0.1) is 5.92 Å². The van der Waals surface area contributed by atoms with Crippen molar-refractivity contribution in [2.45, 2.75) is 38.6 Å². The van der Waals surface area contributed by atoms with Gasteiger partial charge in [-0.3, -0.25) is 4.79 Å². The van der Waals surface area contributed by atoms with E-state index in [-0.39, 0.29) is 5.91 Å². The van der Waals surface area contributed by atoms with Crippen LogP contribution in [0.5, 0.6) is 0 Å². The zero-order valence-corrected chi connectivity index (χ0v) is 10.7. The molecule has 1 amide bonds. The number of nitrogens with zero attached hydrogens (tertiary/aromatic N) is 1. The maximum atomic E-state index is 12.0. The van der Waals surface area contributed by atoms with E-state index in [0.29, 0.717) is 22.7 Å². The van der Waals surface area contributed by atoms with Gasteiger partial charge in [-0.15, -0.1) is 0 Å². The molecule has 0 unspecified atom stereocenters. The smallest absolute Gasteiger partial charge is 0.253 e. The van der Waals surface area contributed by atoms with Crippen molar-refractivity contribution in [1.82, 2.24) is 10.3 Å². The second kappa shape index (κ2) is 5.50. The van der Waals surface area contributed by atoms with Crippen LogP contribution in [0.25, 0.3) is 0 Å². The minimum Gasteiger partial charge on any atom is -0.349 e. The van der Waals surface area contributed by atoms with E-state index in [0.717, 1.165) is 6.42 Å². The normalized spacial score (nSPS) is 24.4. The average Bonchev–Trinajstić information content (AvgIpc) is 2.33. The minimum atomic E-state index is -0.0482. The summed E-state index contributed by atoms with van der Waals surface area (Å²) in [6.07, 6.45) is 6.27. The third kappa shape index (κ3) is 3.19. The van der Waals surface area contributed by atoms with Gasteiger partial charge in [0.05, 0.1) is 5.56 Å². The summed E-state index contributed by atoms with van der Waals surface area (Å²) in [6.45, 7) is 2.20. The molecule has 2 atom stereocenters. The summed E-state index contributed by atoms with van der Waals surface area (Å²) >= 11 is 5.69. The highest BCUT2D eigenvalue weighted by atomic mass is 35.5. The van der Waals surface area contributed by atoms with Gasteiger partial charge in [0, 0.05) is 12.2 Å². The van der Waals surface area contributed by atoms with Crippen LogP contribution in [0.1, 0.15) is 43.0 Å². The first-order valence-corrected chi connectivity index (χ1v) is 6.47. The fourth-order valence-electron chi connectivity index (χ4n) is 2.29. The number of rotatable bonds is 2. The van der Waals surface area contributed by atoms with Crippen molar-refractivity contribution in [2.75, 3.05) is 0 Å². The van der Waals surface area contributed by atoms with Gasteiger partial charge in [0.25, 0.3) is 5.91 Å². The summed E-state index contributed by atoms with van der Waals surface area (Å²) in [5.74, 6) is 0.515. The predicted octanol–water partition coefficient (Wildman–Crippen LogP) is 3.04. The van der Waals surface area contributed by atoms with E-state index in [1.54, 1.807) is 12.1 Å². The maximum Gasteiger partial charge on any atom is 0.253 e. The summed E-state index contributed by atoms with van der Waals surface area (Å²) in [6, 6.07) is 3.64. The summed E-state index contributed by atoms with van der Waals surface area (Å²) in [5, 5.41) is 3.49. The summed E-state index contributed by atoms with van der Waals surface area (Å²) < 4.78 is 0. The monoisotopic (exact) mass is 252 g/mol. The first-order chi connectivity index (χ1) is 8.16. The third-order valence-corrected chi connectivity index (χ3v) is 3.64. The number of halogens is 1. The van der Waals surface area contributed by atoms with E-state index < -0.39 is 0 Å². The van der Waals surface area contributed by atoms with Crippen LogP contribution in [-0.2, 0) is 0 Å². The Labute approximate surface area is 107 Å². The van der Waals surface area contributed by atoms with Gasteiger partial charge >= 0.3 is 0 Å². The molecule has 1 aliphatic carbocycles. The average molecular weight is 253 g/mol. The van der Waals surface area contributed by atoms with Gasteiger partial charge in [0.15, 0.2) is 0 Å². The topological polar surface area (TPSA) is 42.0 Å². The molecule has 0 spiro atoms. The van der Waals surface area contributed by atoms with E-state index in [1.165, 1.54) is 25.5 Å². The number of nitrogens with one attached hydrogen (secondary N) is 1. The molecule has 1 aromatic rings. The minimum absolute atomic E-state index is 0.0482. The Morgan fingerprint density at radius 3 is 2.82 bits per heavy atom. The lowest BCUT2D eigenvalue weighted by Gasteiger charge is -2.29. The Morgan fingerprint density at radius 2 is 2.18 bits per heavy atom. The molecule has 1 aromatic heterocycles. The van der Waals surface area contributed by atoms with Crippen molar-refractivity contribution >= 4 is 17.5 Å². The second-order valence-corrected chi connectivity index (χ2v) is 5.10. The molecular weight excluding hydrogens is 236 g/mol. The van der Waals surface area contributed by atoms with Gasteiger partial charge in [0.1, 0.15) is 5.15 Å². The fraction of sp³-hybridized carbons (Fsp3) is 0.538. The fourth-order valence-corrected chi connectivity index (χ4v) is 2.40. The largest absolute Gasteiger partial charge is 0.349 e. The molecule has 4 heteroatoms. The highest BCUT2D eigenvalue weighted by molar-refractivity contribution is 6.29. The molecular formula is C13H17ClN2O. The molecule has 0 aromatic carbocycles. The lowest BCUT2D eigenvalue weighted by Crippen LogP contribution is -2.41. The van der Waals surface area contributed by atoms with Gasteiger partial charge in [-0.2, -0.15) is 0 Å². The zero-order valence-electron chi connectivity index (χ0n) is 9.95. The van der Waals surface area contributed by atoms with Crippen molar-refractivity contribution in [3.8, 4) is 0 Å². The van der Waals surface area contributed by atoms with Gasteiger partial charge in [0.2, 0.25) is 0 Å². The Hall–Kier alpha value is -1.09. The molecule has 92 valence electrons. The van der Waals surface area contributed by atoms with Gasteiger partial charge in [-0.05, 0) is 30.9 Å². The Bertz CT molecular complexity index is 391. The maximum absolute atomic E-state index is 12.0. The molecule has 17 heavy (non-hydrogen) atoms. The van der Waals surface area contributed by atoms with Crippen molar-refractivity contribution in [3.05, 3.63) is 29.0 Å². The van der Waals surface area contributed by atoms with Crippen molar-refractivity contribution in [1.29, 1.82) is 0 Å². The van der Waals surface area contributed by atoms with Crippen molar-refractivity contribution in [3.63, 3.8) is 0 Å². The molecule has 1 aliphatic rings. The van der Waals surface area contributed by atoms with E-state index in [1.807, 2.05) is 0 Å². The molecule has 0 saturated heterocycles. The summed E-state index contributed by atoms with van der Waals surface area (Å²) in [5.41, 5.74) is 0.576. The van der Waals surface area contributed by atoms with Crippen LogP contribution in [0.3, 0.4) is 0 Å². The molecule has 2 rings (SSSR count). The van der Waals surface area contributed by atoms with Gasteiger partial charge in [-0.25, -0.2) is 4.98 Å². The quantitative estimate of drug-likeness (QED) is 0.822. The molecule has 1 saturated carbocycles. The highest BCUT2D eigenvalue weighted by Crippen LogP contribution is 2.23. The molecule has 0 radical (unpaired) electrons. The lowest BCUT2D eigenvalue weighted by molar-refractivity contribution is 0.0910. The molecule has 1 heterocycles. The van der Waals surface area contributed by atoms with E-state index >= 15 is 0 Å². The van der Waals surface area contributed by atoms with E-state index in [2.05, 4.69) is 17.2 Å². The number of carbonyl (C=O) groups is 1. The number of hydrogen-bond donors (Lipinski definition) is 1. The van der Waals surface area contributed by atoms with Crippen molar-refractivity contribution in [2.24, 2.45) is 5.92 Å². The summed E-state index contributed by atoms with van der Waals surface area (Å²) in [7, 11) is 0. The first-order valence-electron chi connectivity index (χ1n) is 6.09. The number of hydrogen-bond acceptors (Lipinski definition) is 2. The number of aromatic nitrogens is 1. The third-order valence-electron chi connectivity index (χ3n) is 3.42. The molecule has 0 aliphatic heterocycles. The first kappa shape index (κ1) is 12.4. The standard InChI is InChI=1S/C13H17ClN2O/c1-9-4-2-3-5-11(9)16-13(17)10-6-7-12(14)15-8-10/h6-9,11H,2-5H2,1H3,(H,16,17)/t9-,11-/m1/s1. The number of carbonyl (C=O) groups excluding carboxylic acids is 1. The molecule has 1 N–H and O–H groups in total. The predicted molar refractivity (Wildman–Crippen MR) is 68.1 cm³/mol. The Morgan fingerprint density at radius 1 is 1.41 bits per heavy atom. The lowest BCUT2D eigenvalue weighted by atomic mass is 9.86. The van der Waals surface area contributed by atoms with Crippen LogP contribution < -0.4 is 5.32 Å². The SMILES string of the molecule is C[C@@H]1CCCC[C@H]1NC(=O)c1ccc(Cl)nc1. The second-order valence-electron chi connectivity index (χ2n) is 4.71. The van der Waals surface area contributed by atoms with Gasteiger partial charge in [-0.1, -0.05) is 31.4 Å². The number of amides is 1. The van der Waals surface area contributed by atoms with Crippen LogP contribution in [0.2, 0.25) is 5.15 Å². The van der Waals surface area contributed by atoms with Crippen LogP contribution >= 0.6 is 11.6 Å². The molecule has 0 bridgehead atoms. The van der Waals surface area contributed by atoms with Crippen LogP contribution in [0.4, 0.5) is 0 Å². The highest BCUT2D eigenvalue weighted by Gasteiger charge is 2.23. The van der Waals surface area contributed by atoms with Crippen LogP contribution in [-0.4, -0.2) is 16.9 Å². The Kier molecular flexibility index (Phi) is 4.00. The zero-order chi connectivity index (χ0) is 12.3. The van der Waals surface area contributed by atoms with Crippen molar-refractivity contribution < 1.29 is 4.79 Å². The molecule has 3 nitrogen and oxygen atoms in total. The Balaban J connectivity index is 1.98. The van der Waals surface area contributed by atoms with Gasteiger partial charge < -0.3 is 5.32 Å². The summed E-state index contributed by atoms with van der Waals surface area (Å²) in [4.78, 5) is 15.9. The van der Waals surface area contributed by atoms with E-state index in [4.69, 9.17) is 11.6 Å². The van der Waals surface area contributed by atoms with E-state index in [9.17, 15) is 4.79 Å². The molecule has 1 fully saturated rings. The van der Waals surface area contributed by atoms with Crippen LogP contribution in [0.15, 0.2) is 18.3 Å².